The summed E-state index contributed by atoms with van der Waals surface area (Å²) in [6, 6.07) is 15.7. The molecule has 0 fully saturated rings. The zero-order valence-corrected chi connectivity index (χ0v) is 17.2. The number of benzene rings is 2. The van der Waals surface area contributed by atoms with E-state index in [1.54, 1.807) is 7.11 Å². The molecular formula is C22H30ClNO3. The fraction of sp³-hybridized carbons (Fsp3) is 0.409. The van der Waals surface area contributed by atoms with Crippen molar-refractivity contribution in [1.29, 1.82) is 0 Å². The quantitative estimate of drug-likeness (QED) is 0.443. The second-order valence-electron chi connectivity index (χ2n) is 6.20. The number of ether oxygens (including phenoxy) is 2. The second kappa shape index (κ2) is 12.5. The number of nitrogens with one attached hydrogen (secondary N) is 1. The van der Waals surface area contributed by atoms with Crippen molar-refractivity contribution in [3.63, 3.8) is 0 Å². The summed E-state index contributed by atoms with van der Waals surface area (Å²) in [4.78, 5) is 12.4. The van der Waals surface area contributed by atoms with Gasteiger partial charge in [-0.1, -0.05) is 56.3 Å². The number of halogens is 1. The van der Waals surface area contributed by atoms with Crippen molar-refractivity contribution in [3.05, 3.63) is 54.1 Å². The van der Waals surface area contributed by atoms with E-state index in [9.17, 15) is 4.79 Å². The molecule has 0 amide bonds. The van der Waals surface area contributed by atoms with Crippen LogP contribution in [-0.2, 0) is 4.74 Å². The van der Waals surface area contributed by atoms with Gasteiger partial charge in [0, 0.05) is 25.6 Å². The molecule has 0 saturated heterocycles. The Morgan fingerprint density at radius 1 is 1.07 bits per heavy atom. The Kier molecular flexibility index (Phi) is 10.7. The number of para-hydroxylation sites is 1. The van der Waals surface area contributed by atoms with Gasteiger partial charge in [0.05, 0.1) is 5.56 Å². The highest BCUT2D eigenvalue weighted by Crippen LogP contribution is 2.34. The first-order chi connectivity index (χ1) is 12.7. The maximum absolute atomic E-state index is 12.4. The highest BCUT2D eigenvalue weighted by molar-refractivity contribution is 6.00. The molecule has 0 aromatic heterocycles. The van der Waals surface area contributed by atoms with E-state index >= 15 is 0 Å². The Labute approximate surface area is 168 Å². The highest BCUT2D eigenvalue weighted by Gasteiger charge is 2.18. The lowest BCUT2D eigenvalue weighted by Gasteiger charge is -2.20. The molecule has 1 N–H and O–H groups in total. The van der Waals surface area contributed by atoms with Gasteiger partial charge < -0.3 is 14.8 Å². The SMILES string of the molecule is CCCNCC(COc1c(C(=O)CC)cccc1-c1ccccc1)OC.Cl. The molecule has 5 heteroatoms. The van der Waals surface area contributed by atoms with Crippen molar-refractivity contribution in [2.24, 2.45) is 0 Å². The fourth-order valence-corrected chi connectivity index (χ4v) is 2.77. The summed E-state index contributed by atoms with van der Waals surface area (Å²) < 4.78 is 11.7. The monoisotopic (exact) mass is 391 g/mol. The highest BCUT2D eigenvalue weighted by atomic mass is 35.5. The third kappa shape index (κ3) is 6.65. The zero-order chi connectivity index (χ0) is 18.8. The molecule has 0 heterocycles. The summed E-state index contributed by atoms with van der Waals surface area (Å²) in [7, 11) is 1.68. The van der Waals surface area contributed by atoms with E-state index in [0.717, 1.165) is 30.6 Å². The Bertz CT molecular complexity index is 691. The van der Waals surface area contributed by atoms with E-state index in [-0.39, 0.29) is 24.3 Å². The number of ketones is 1. The summed E-state index contributed by atoms with van der Waals surface area (Å²) in [5.41, 5.74) is 2.60. The molecule has 27 heavy (non-hydrogen) atoms. The van der Waals surface area contributed by atoms with Crippen molar-refractivity contribution in [2.75, 3.05) is 26.8 Å². The lowest BCUT2D eigenvalue weighted by atomic mass is 9.98. The molecule has 0 saturated carbocycles. The van der Waals surface area contributed by atoms with Crippen molar-refractivity contribution in [2.45, 2.75) is 32.8 Å². The van der Waals surface area contributed by atoms with Crippen LogP contribution < -0.4 is 10.1 Å². The minimum Gasteiger partial charge on any atom is -0.489 e. The summed E-state index contributed by atoms with van der Waals surface area (Å²) >= 11 is 0. The van der Waals surface area contributed by atoms with Crippen LogP contribution in [0.1, 0.15) is 37.0 Å². The van der Waals surface area contributed by atoms with Crippen LogP contribution in [0.3, 0.4) is 0 Å². The van der Waals surface area contributed by atoms with Crippen LogP contribution in [-0.4, -0.2) is 38.7 Å². The van der Waals surface area contributed by atoms with Gasteiger partial charge in [0.1, 0.15) is 18.5 Å². The van der Waals surface area contributed by atoms with Gasteiger partial charge in [-0.2, -0.15) is 0 Å². The van der Waals surface area contributed by atoms with Gasteiger partial charge in [-0.15, -0.1) is 12.4 Å². The van der Waals surface area contributed by atoms with E-state index in [2.05, 4.69) is 12.2 Å². The molecule has 148 valence electrons. The van der Waals surface area contributed by atoms with Gasteiger partial charge >= 0.3 is 0 Å². The standard InChI is InChI=1S/C22H29NO3.ClH/c1-4-14-23-15-18(25-3)16-26-22-19(17-10-7-6-8-11-17)12-9-13-20(22)21(24)5-2;/h6-13,18,23H,4-5,14-16H2,1-3H3;1H. The molecule has 1 unspecified atom stereocenters. The van der Waals surface area contributed by atoms with Crippen molar-refractivity contribution >= 4 is 18.2 Å². The van der Waals surface area contributed by atoms with Gasteiger partial charge in [0.2, 0.25) is 0 Å². The first kappa shape index (κ1) is 23.2. The molecule has 2 aromatic rings. The minimum absolute atomic E-state index is 0. The molecule has 0 aliphatic carbocycles. The first-order valence-corrected chi connectivity index (χ1v) is 9.29. The second-order valence-corrected chi connectivity index (χ2v) is 6.20. The van der Waals surface area contributed by atoms with Crippen LogP contribution in [0, 0.1) is 0 Å². The number of rotatable bonds is 11. The van der Waals surface area contributed by atoms with E-state index in [1.165, 1.54) is 0 Å². The van der Waals surface area contributed by atoms with E-state index in [0.29, 0.717) is 24.3 Å². The number of carbonyl (C=O) groups is 1. The lowest BCUT2D eigenvalue weighted by molar-refractivity contribution is 0.0578. The average molecular weight is 392 g/mol. The predicted molar refractivity (Wildman–Crippen MR) is 113 cm³/mol. The molecule has 0 bridgehead atoms. The van der Waals surface area contributed by atoms with Gasteiger partial charge in [-0.3, -0.25) is 4.79 Å². The van der Waals surface area contributed by atoms with Gasteiger partial charge in [0.15, 0.2) is 5.78 Å². The third-order valence-electron chi connectivity index (χ3n) is 4.27. The Hall–Kier alpha value is -1.88. The Morgan fingerprint density at radius 2 is 1.81 bits per heavy atom. The smallest absolute Gasteiger partial charge is 0.166 e. The molecule has 0 radical (unpaired) electrons. The van der Waals surface area contributed by atoms with Crippen molar-refractivity contribution < 1.29 is 14.3 Å². The number of carbonyl (C=O) groups excluding carboxylic acids is 1. The Balaban J connectivity index is 0.00000364. The summed E-state index contributed by atoms with van der Waals surface area (Å²) in [5, 5.41) is 3.35. The number of methoxy groups -OCH3 is 1. The maximum atomic E-state index is 12.4. The number of hydrogen-bond acceptors (Lipinski definition) is 4. The summed E-state index contributed by atoms with van der Waals surface area (Å²) in [5.74, 6) is 0.721. The molecule has 0 spiro atoms. The van der Waals surface area contributed by atoms with Crippen molar-refractivity contribution in [1.82, 2.24) is 5.32 Å². The maximum Gasteiger partial charge on any atom is 0.166 e. The zero-order valence-electron chi connectivity index (χ0n) is 16.4. The van der Waals surface area contributed by atoms with Crippen LogP contribution >= 0.6 is 12.4 Å². The lowest BCUT2D eigenvalue weighted by Crippen LogP contribution is -2.33. The number of hydrogen-bond donors (Lipinski definition) is 1. The Morgan fingerprint density at radius 3 is 2.44 bits per heavy atom. The van der Waals surface area contributed by atoms with Crippen molar-refractivity contribution in [3.8, 4) is 16.9 Å². The average Bonchev–Trinajstić information content (AvgIpc) is 2.70. The molecule has 2 rings (SSSR count). The molecule has 1 atom stereocenters. The fourth-order valence-electron chi connectivity index (χ4n) is 2.77. The predicted octanol–water partition coefficient (Wildman–Crippen LogP) is 4.76. The van der Waals surface area contributed by atoms with Gasteiger partial charge in [0.25, 0.3) is 0 Å². The van der Waals surface area contributed by atoms with Crippen LogP contribution in [0.15, 0.2) is 48.5 Å². The molecular weight excluding hydrogens is 362 g/mol. The van der Waals surface area contributed by atoms with Gasteiger partial charge in [-0.25, -0.2) is 0 Å². The molecule has 4 nitrogen and oxygen atoms in total. The van der Waals surface area contributed by atoms with E-state index in [1.807, 2.05) is 55.5 Å². The minimum atomic E-state index is -0.0741. The largest absolute Gasteiger partial charge is 0.489 e. The normalized spacial score (nSPS) is 11.5. The van der Waals surface area contributed by atoms with Crippen LogP contribution in [0.5, 0.6) is 5.75 Å². The van der Waals surface area contributed by atoms with E-state index < -0.39 is 0 Å². The van der Waals surface area contributed by atoms with Crippen LogP contribution in [0.4, 0.5) is 0 Å². The summed E-state index contributed by atoms with van der Waals surface area (Å²) in [6.45, 7) is 6.05. The molecule has 0 aliphatic heterocycles. The van der Waals surface area contributed by atoms with Crippen LogP contribution in [0.2, 0.25) is 0 Å². The summed E-state index contributed by atoms with van der Waals surface area (Å²) in [6.07, 6.45) is 1.44. The first-order valence-electron chi connectivity index (χ1n) is 9.29. The number of Topliss-reactive ketones (excluding diaryl/α,β-unsaturated/α-hetero) is 1. The third-order valence-corrected chi connectivity index (χ3v) is 4.27. The van der Waals surface area contributed by atoms with Gasteiger partial charge in [-0.05, 0) is 24.6 Å². The molecule has 2 aromatic carbocycles. The van der Waals surface area contributed by atoms with E-state index in [4.69, 9.17) is 9.47 Å². The topological polar surface area (TPSA) is 47.6 Å². The van der Waals surface area contributed by atoms with Crippen LogP contribution in [0.25, 0.3) is 11.1 Å². The molecule has 0 aliphatic rings.